The molecule has 1 fully saturated rings. The van der Waals surface area contributed by atoms with E-state index in [2.05, 4.69) is 24.1 Å². The maximum Gasteiger partial charge on any atom is 0.317 e. The largest absolute Gasteiger partial charge is 0.481 e. The van der Waals surface area contributed by atoms with Crippen LogP contribution in [0.25, 0.3) is 0 Å². The second-order valence-electron chi connectivity index (χ2n) is 5.50. The van der Waals surface area contributed by atoms with Crippen LogP contribution in [0.3, 0.4) is 0 Å². The molecule has 1 atom stereocenters. The van der Waals surface area contributed by atoms with Gasteiger partial charge in [-0.3, -0.25) is 4.79 Å². The standard InChI is InChI=1S/C13H25N3O3/c1-10(2)15(3)7-5-14-13(19)16-6-4-11(9-16)8-12(17)18/h10-11H,4-9H2,1-3H3,(H,14,19)(H,17,18). The molecule has 0 aliphatic carbocycles. The van der Waals surface area contributed by atoms with Crippen LogP contribution >= 0.6 is 0 Å². The monoisotopic (exact) mass is 271 g/mol. The smallest absolute Gasteiger partial charge is 0.317 e. The van der Waals surface area contributed by atoms with E-state index in [1.807, 2.05) is 7.05 Å². The lowest BCUT2D eigenvalue weighted by molar-refractivity contribution is -0.138. The average Bonchev–Trinajstić information content (AvgIpc) is 2.76. The van der Waals surface area contributed by atoms with Crippen molar-refractivity contribution < 1.29 is 14.7 Å². The van der Waals surface area contributed by atoms with Gasteiger partial charge in [0.25, 0.3) is 0 Å². The summed E-state index contributed by atoms with van der Waals surface area (Å²) in [4.78, 5) is 26.4. The van der Waals surface area contributed by atoms with Gasteiger partial charge in [-0.2, -0.15) is 0 Å². The first-order valence-electron chi connectivity index (χ1n) is 6.85. The summed E-state index contributed by atoms with van der Waals surface area (Å²) < 4.78 is 0. The molecule has 0 bridgehead atoms. The molecule has 1 aliphatic rings. The molecule has 19 heavy (non-hydrogen) atoms. The number of likely N-dealkylation sites (tertiary alicyclic amines) is 1. The zero-order valence-electron chi connectivity index (χ0n) is 12.1. The molecule has 0 aromatic heterocycles. The number of hydrogen-bond donors (Lipinski definition) is 2. The third kappa shape index (κ3) is 5.46. The number of nitrogens with one attached hydrogen (secondary N) is 1. The van der Waals surface area contributed by atoms with Crippen LogP contribution in [-0.2, 0) is 4.79 Å². The predicted octanol–water partition coefficient (Wildman–Crippen LogP) is 0.833. The highest BCUT2D eigenvalue weighted by Crippen LogP contribution is 2.19. The molecule has 1 unspecified atom stereocenters. The lowest BCUT2D eigenvalue weighted by atomic mass is 10.1. The Morgan fingerprint density at radius 2 is 2.16 bits per heavy atom. The van der Waals surface area contributed by atoms with Crippen LogP contribution in [0.4, 0.5) is 4.79 Å². The number of carbonyl (C=O) groups is 2. The minimum absolute atomic E-state index is 0.0787. The molecule has 0 radical (unpaired) electrons. The lowest BCUT2D eigenvalue weighted by Gasteiger charge is -2.22. The van der Waals surface area contributed by atoms with E-state index in [1.54, 1.807) is 4.90 Å². The molecular weight excluding hydrogens is 246 g/mol. The van der Waals surface area contributed by atoms with Crippen molar-refractivity contribution in [3.63, 3.8) is 0 Å². The fourth-order valence-electron chi connectivity index (χ4n) is 2.14. The van der Waals surface area contributed by atoms with E-state index in [1.165, 1.54) is 0 Å². The Bertz CT molecular complexity index is 320. The van der Waals surface area contributed by atoms with Gasteiger partial charge in [-0.1, -0.05) is 0 Å². The summed E-state index contributed by atoms with van der Waals surface area (Å²) in [6.07, 6.45) is 0.936. The number of urea groups is 1. The molecule has 0 spiro atoms. The molecule has 1 rings (SSSR count). The summed E-state index contributed by atoms with van der Waals surface area (Å²) >= 11 is 0. The van der Waals surface area contributed by atoms with Crippen LogP contribution in [0, 0.1) is 5.92 Å². The second kappa shape index (κ2) is 7.33. The van der Waals surface area contributed by atoms with Crippen molar-refractivity contribution in [1.29, 1.82) is 0 Å². The van der Waals surface area contributed by atoms with Gasteiger partial charge >= 0.3 is 12.0 Å². The van der Waals surface area contributed by atoms with Gasteiger partial charge in [0.2, 0.25) is 0 Å². The van der Waals surface area contributed by atoms with Gasteiger partial charge in [0, 0.05) is 38.6 Å². The van der Waals surface area contributed by atoms with E-state index in [4.69, 9.17) is 5.11 Å². The topological polar surface area (TPSA) is 72.9 Å². The Labute approximate surface area is 114 Å². The Hall–Kier alpha value is -1.30. The quantitative estimate of drug-likeness (QED) is 0.750. The van der Waals surface area contributed by atoms with Crippen LogP contribution in [0.1, 0.15) is 26.7 Å². The summed E-state index contributed by atoms with van der Waals surface area (Å²) in [5.74, 6) is -0.688. The zero-order chi connectivity index (χ0) is 14.4. The van der Waals surface area contributed by atoms with Gasteiger partial charge in [-0.15, -0.1) is 0 Å². The molecule has 0 aromatic rings. The van der Waals surface area contributed by atoms with Gasteiger partial charge in [0.05, 0.1) is 0 Å². The van der Waals surface area contributed by atoms with Crippen LogP contribution in [-0.4, -0.2) is 66.2 Å². The van der Waals surface area contributed by atoms with Gasteiger partial charge < -0.3 is 20.2 Å². The van der Waals surface area contributed by atoms with Gasteiger partial charge in [0.15, 0.2) is 0 Å². The molecule has 1 aliphatic heterocycles. The van der Waals surface area contributed by atoms with Crippen molar-refractivity contribution in [2.45, 2.75) is 32.7 Å². The average molecular weight is 271 g/mol. The minimum atomic E-state index is -0.786. The number of nitrogens with zero attached hydrogens (tertiary/aromatic N) is 2. The zero-order valence-corrected chi connectivity index (χ0v) is 12.1. The number of carboxylic acids is 1. The molecule has 1 heterocycles. The maximum absolute atomic E-state index is 11.9. The summed E-state index contributed by atoms with van der Waals surface area (Å²) in [7, 11) is 2.02. The lowest BCUT2D eigenvalue weighted by Crippen LogP contribution is -2.42. The van der Waals surface area contributed by atoms with E-state index in [0.29, 0.717) is 25.7 Å². The van der Waals surface area contributed by atoms with Crippen molar-refractivity contribution in [2.75, 3.05) is 33.2 Å². The fraction of sp³-hybridized carbons (Fsp3) is 0.846. The number of aliphatic carboxylic acids is 1. The molecular formula is C13H25N3O3. The molecule has 1 saturated heterocycles. The molecule has 6 heteroatoms. The van der Waals surface area contributed by atoms with Crippen molar-refractivity contribution >= 4 is 12.0 Å². The number of carboxylic acid groups (broad SMARTS) is 1. The highest BCUT2D eigenvalue weighted by molar-refractivity contribution is 5.74. The van der Waals surface area contributed by atoms with Crippen molar-refractivity contribution in [2.24, 2.45) is 5.92 Å². The van der Waals surface area contributed by atoms with Crippen LogP contribution in [0.2, 0.25) is 0 Å². The number of carbonyl (C=O) groups excluding carboxylic acids is 1. The highest BCUT2D eigenvalue weighted by Gasteiger charge is 2.27. The van der Waals surface area contributed by atoms with Gasteiger partial charge in [0.1, 0.15) is 0 Å². The second-order valence-corrected chi connectivity index (χ2v) is 5.50. The third-order valence-electron chi connectivity index (χ3n) is 3.66. The Kier molecular flexibility index (Phi) is 6.08. The van der Waals surface area contributed by atoms with Crippen LogP contribution < -0.4 is 5.32 Å². The van der Waals surface area contributed by atoms with E-state index in [-0.39, 0.29) is 18.4 Å². The minimum Gasteiger partial charge on any atom is -0.481 e. The molecule has 6 nitrogen and oxygen atoms in total. The van der Waals surface area contributed by atoms with Gasteiger partial charge in [-0.05, 0) is 33.2 Å². The molecule has 2 amide bonds. The first-order chi connectivity index (χ1) is 8.90. The number of amides is 2. The van der Waals surface area contributed by atoms with E-state index in [9.17, 15) is 9.59 Å². The molecule has 110 valence electrons. The number of hydrogen-bond acceptors (Lipinski definition) is 3. The summed E-state index contributed by atoms with van der Waals surface area (Å²) in [6.45, 7) is 6.86. The summed E-state index contributed by atoms with van der Waals surface area (Å²) in [6, 6.07) is 0.383. The predicted molar refractivity (Wildman–Crippen MR) is 73.1 cm³/mol. The molecule has 0 aromatic carbocycles. The van der Waals surface area contributed by atoms with E-state index < -0.39 is 5.97 Å². The van der Waals surface area contributed by atoms with E-state index in [0.717, 1.165) is 13.0 Å². The molecule has 2 N–H and O–H groups in total. The van der Waals surface area contributed by atoms with Crippen molar-refractivity contribution in [1.82, 2.24) is 15.1 Å². The van der Waals surface area contributed by atoms with Crippen molar-refractivity contribution in [3.8, 4) is 0 Å². The fourth-order valence-corrected chi connectivity index (χ4v) is 2.14. The molecule has 0 saturated carbocycles. The first-order valence-corrected chi connectivity index (χ1v) is 6.85. The van der Waals surface area contributed by atoms with Crippen molar-refractivity contribution in [3.05, 3.63) is 0 Å². The summed E-state index contributed by atoms with van der Waals surface area (Å²) in [5, 5.41) is 11.6. The Morgan fingerprint density at radius 3 is 2.74 bits per heavy atom. The number of rotatable bonds is 6. The number of likely N-dealkylation sites (N-methyl/N-ethyl adjacent to an activating group) is 1. The first kappa shape index (κ1) is 15.8. The maximum atomic E-state index is 11.9. The van der Waals surface area contributed by atoms with Gasteiger partial charge in [-0.25, -0.2) is 4.79 Å². The Morgan fingerprint density at radius 1 is 1.47 bits per heavy atom. The van der Waals surface area contributed by atoms with Crippen LogP contribution in [0.15, 0.2) is 0 Å². The van der Waals surface area contributed by atoms with Crippen LogP contribution in [0.5, 0.6) is 0 Å². The highest BCUT2D eigenvalue weighted by atomic mass is 16.4. The Balaban J connectivity index is 2.22. The SMILES string of the molecule is CC(C)N(C)CCNC(=O)N1CCC(CC(=O)O)C1. The normalized spacial score (nSPS) is 19.2. The third-order valence-corrected chi connectivity index (χ3v) is 3.66. The summed E-state index contributed by atoms with van der Waals surface area (Å²) in [5.41, 5.74) is 0. The van der Waals surface area contributed by atoms with E-state index >= 15 is 0 Å².